The van der Waals surface area contributed by atoms with Gasteiger partial charge >= 0.3 is 0 Å². The smallest absolute Gasteiger partial charge is 0.129 e. The first kappa shape index (κ1) is 11.5. The first-order valence-corrected chi connectivity index (χ1v) is 6.15. The summed E-state index contributed by atoms with van der Waals surface area (Å²) in [7, 11) is 0. The Morgan fingerprint density at radius 3 is 2.75 bits per heavy atom. The van der Waals surface area contributed by atoms with E-state index in [4.69, 9.17) is 4.74 Å². The number of hydrogen-bond acceptors (Lipinski definition) is 2. The van der Waals surface area contributed by atoms with Crippen molar-refractivity contribution in [2.75, 3.05) is 0 Å². The Hall–Kier alpha value is -1.02. The molecule has 0 saturated heterocycles. The first-order valence-electron chi connectivity index (χ1n) is 6.15. The van der Waals surface area contributed by atoms with Gasteiger partial charge in [-0.3, -0.25) is 0 Å². The molecule has 1 heterocycles. The molecular weight excluding hydrogens is 200 g/mol. The zero-order chi connectivity index (χ0) is 11.7. The van der Waals surface area contributed by atoms with Crippen molar-refractivity contribution >= 4 is 0 Å². The molecule has 0 aromatic heterocycles. The van der Waals surface area contributed by atoms with Crippen molar-refractivity contribution in [2.24, 2.45) is 0 Å². The van der Waals surface area contributed by atoms with Crippen molar-refractivity contribution in [1.29, 1.82) is 0 Å². The van der Waals surface area contributed by atoms with Gasteiger partial charge in [-0.05, 0) is 36.5 Å². The van der Waals surface area contributed by atoms with Gasteiger partial charge in [0.15, 0.2) is 0 Å². The fourth-order valence-corrected chi connectivity index (χ4v) is 2.18. The molecule has 1 aliphatic heterocycles. The average molecular weight is 220 g/mol. The van der Waals surface area contributed by atoms with Crippen LogP contribution in [0.2, 0.25) is 0 Å². The summed E-state index contributed by atoms with van der Waals surface area (Å²) in [5, 5.41) is 10.1. The van der Waals surface area contributed by atoms with E-state index in [1.54, 1.807) is 0 Å². The molecule has 0 aliphatic carbocycles. The summed E-state index contributed by atoms with van der Waals surface area (Å²) in [6, 6.07) is 6.21. The lowest BCUT2D eigenvalue weighted by Gasteiger charge is -2.11. The van der Waals surface area contributed by atoms with Crippen LogP contribution in [0.3, 0.4) is 0 Å². The lowest BCUT2D eigenvalue weighted by Crippen LogP contribution is -2.16. The van der Waals surface area contributed by atoms with Crippen LogP contribution in [-0.4, -0.2) is 11.2 Å². The Bertz CT molecular complexity index is 373. The largest absolute Gasteiger partial charge is 0.487 e. The second-order valence-corrected chi connectivity index (χ2v) is 4.62. The maximum absolute atomic E-state index is 10.1. The zero-order valence-electron chi connectivity index (χ0n) is 10.2. The lowest BCUT2D eigenvalue weighted by atomic mass is 9.94. The summed E-state index contributed by atoms with van der Waals surface area (Å²) in [5.74, 6) is 1.39. The number of aliphatic hydroxyl groups is 1. The second-order valence-electron chi connectivity index (χ2n) is 4.62. The van der Waals surface area contributed by atoms with Gasteiger partial charge in [0.1, 0.15) is 18.0 Å². The van der Waals surface area contributed by atoms with Gasteiger partial charge in [-0.2, -0.15) is 0 Å². The van der Waals surface area contributed by atoms with E-state index in [2.05, 4.69) is 26.0 Å². The van der Waals surface area contributed by atoms with Gasteiger partial charge < -0.3 is 9.84 Å². The topological polar surface area (TPSA) is 29.5 Å². The van der Waals surface area contributed by atoms with Gasteiger partial charge in [0.2, 0.25) is 0 Å². The van der Waals surface area contributed by atoms with Crippen molar-refractivity contribution in [2.45, 2.75) is 51.7 Å². The van der Waals surface area contributed by atoms with Crippen molar-refractivity contribution in [3.05, 3.63) is 29.3 Å². The number of hydrogen-bond donors (Lipinski definition) is 1. The van der Waals surface area contributed by atoms with Crippen LogP contribution in [0.25, 0.3) is 0 Å². The number of aliphatic hydroxyl groups excluding tert-OH is 1. The zero-order valence-corrected chi connectivity index (χ0v) is 10.2. The van der Waals surface area contributed by atoms with Crippen molar-refractivity contribution < 1.29 is 9.84 Å². The summed E-state index contributed by atoms with van der Waals surface area (Å²) in [6.07, 6.45) is 1.44. The predicted octanol–water partition coefficient (Wildman–Crippen LogP) is 3.40. The highest BCUT2D eigenvalue weighted by Gasteiger charge is 2.31. The molecule has 0 bridgehead atoms. The van der Waals surface area contributed by atoms with Crippen LogP contribution in [0.15, 0.2) is 18.2 Å². The molecule has 0 fully saturated rings. The van der Waals surface area contributed by atoms with Crippen molar-refractivity contribution in [1.82, 2.24) is 0 Å². The number of benzene rings is 1. The molecule has 1 aromatic rings. The molecule has 3 unspecified atom stereocenters. The Labute approximate surface area is 97.3 Å². The van der Waals surface area contributed by atoms with Crippen LogP contribution >= 0.6 is 0 Å². The van der Waals surface area contributed by atoms with Crippen LogP contribution in [0.1, 0.15) is 56.8 Å². The Morgan fingerprint density at radius 1 is 1.38 bits per heavy atom. The average Bonchev–Trinajstić information content (AvgIpc) is 2.64. The molecule has 1 N–H and O–H groups in total. The third-order valence-corrected chi connectivity index (χ3v) is 3.57. The Balaban J connectivity index is 2.31. The van der Waals surface area contributed by atoms with Crippen LogP contribution in [0, 0.1) is 0 Å². The van der Waals surface area contributed by atoms with Gasteiger partial charge in [-0.25, -0.2) is 0 Å². The van der Waals surface area contributed by atoms with Gasteiger partial charge in [0, 0.05) is 5.56 Å². The molecule has 2 heteroatoms. The molecule has 16 heavy (non-hydrogen) atoms. The monoisotopic (exact) mass is 220 g/mol. The molecule has 0 radical (unpaired) electrons. The SMILES string of the molecule is CCC(C)c1ccc2c(c1)C(O)C(CC)O2. The van der Waals surface area contributed by atoms with Crippen LogP contribution in [0.4, 0.5) is 0 Å². The minimum Gasteiger partial charge on any atom is -0.487 e. The van der Waals surface area contributed by atoms with Gasteiger partial charge in [0.25, 0.3) is 0 Å². The maximum atomic E-state index is 10.1. The molecule has 1 aromatic carbocycles. The van der Waals surface area contributed by atoms with E-state index < -0.39 is 6.10 Å². The Morgan fingerprint density at radius 2 is 2.12 bits per heavy atom. The minimum atomic E-state index is -0.455. The molecule has 1 aliphatic rings. The number of ether oxygens (including phenoxy) is 1. The van der Waals surface area contributed by atoms with E-state index in [9.17, 15) is 5.11 Å². The summed E-state index contributed by atoms with van der Waals surface area (Å²) in [4.78, 5) is 0. The fourth-order valence-electron chi connectivity index (χ4n) is 2.18. The minimum absolute atomic E-state index is 0.0674. The lowest BCUT2D eigenvalue weighted by molar-refractivity contribution is 0.0653. The summed E-state index contributed by atoms with van der Waals surface area (Å²) in [6.45, 7) is 6.43. The third-order valence-electron chi connectivity index (χ3n) is 3.57. The molecule has 0 amide bonds. The summed E-state index contributed by atoms with van der Waals surface area (Å²) in [5.41, 5.74) is 2.25. The highest BCUT2D eigenvalue weighted by molar-refractivity contribution is 5.43. The van der Waals surface area contributed by atoms with Crippen molar-refractivity contribution in [3.63, 3.8) is 0 Å². The number of fused-ring (bicyclic) bond motifs is 1. The van der Waals surface area contributed by atoms with Gasteiger partial charge in [-0.1, -0.05) is 26.8 Å². The van der Waals surface area contributed by atoms with Gasteiger partial charge in [-0.15, -0.1) is 0 Å². The molecule has 2 nitrogen and oxygen atoms in total. The first-order chi connectivity index (χ1) is 7.67. The van der Waals surface area contributed by atoms with Crippen molar-refractivity contribution in [3.8, 4) is 5.75 Å². The molecule has 0 spiro atoms. The molecule has 3 atom stereocenters. The highest BCUT2D eigenvalue weighted by Crippen LogP contribution is 2.39. The molecule has 2 rings (SSSR count). The maximum Gasteiger partial charge on any atom is 0.129 e. The van der Waals surface area contributed by atoms with Crippen LogP contribution < -0.4 is 4.74 Å². The van der Waals surface area contributed by atoms with E-state index in [0.717, 1.165) is 24.2 Å². The molecular formula is C14H20O2. The van der Waals surface area contributed by atoms with E-state index in [1.165, 1.54) is 5.56 Å². The number of rotatable bonds is 3. The van der Waals surface area contributed by atoms with Gasteiger partial charge in [0.05, 0.1) is 0 Å². The third kappa shape index (κ3) is 1.82. The quantitative estimate of drug-likeness (QED) is 0.846. The second kappa shape index (κ2) is 4.46. The molecule has 0 saturated carbocycles. The van der Waals surface area contributed by atoms with E-state index in [0.29, 0.717) is 5.92 Å². The highest BCUT2D eigenvalue weighted by atomic mass is 16.5. The summed E-state index contributed by atoms with van der Waals surface area (Å²) >= 11 is 0. The normalized spacial score (nSPS) is 25.0. The van der Waals surface area contributed by atoms with E-state index in [-0.39, 0.29) is 6.10 Å². The van der Waals surface area contributed by atoms with E-state index >= 15 is 0 Å². The fraction of sp³-hybridized carbons (Fsp3) is 0.571. The standard InChI is InChI=1S/C14H20O2/c1-4-9(3)10-6-7-13-11(8-10)14(15)12(5-2)16-13/h6-9,12,14-15H,4-5H2,1-3H3. The van der Waals surface area contributed by atoms with Crippen LogP contribution in [-0.2, 0) is 0 Å². The summed E-state index contributed by atoms with van der Waals surface area (Å²) < 4.78 is 5.69. The van der Waals surface area contributed by atoms with E-state index in [1.807, 2.05) is 13.0 Å². The predicted molar refractivity (Wildman–Crippen MR) is 64.8 cm³/mol. The van der Waals surface area contributed by atoms with Crippen LogP contribution in [0.5, 0.6) is 5.75 Å². The molecule has 88 valence electrons. The Kier molecular flexibility index (Phi) is 3.20.